The first kappa shape index (κ1) is 38.7. The smallest absolute Gasteiger partial charge is 0.344 e. The number of rotatable bonds is 10. The van der Waals surface area contributed by atoms with Gasteiger partial charge in [0.25, 0.3) is 11.8 Å². The molecule has 52 heavy (non-hydrogen) atoms. The number of hydrazone groups is 2. The largest absolute Gasteiger partial charge is 0.422 e. The zero-order chi connectivity index (χ0) is 37.4. The number of amides is 2. The molecule has 0 aliphatic rings. The predicted molar refractivity (Wildman–Crippen MR) is 208 cm³/mol. The Kier molecular flexibility index (Phi) is 13.2. The lowest BCUT2D eigenvalue weighted by molar-refractivity contribution is 0.0691. The summed E-state index contributed by atoms with van der Waals surface area (Å²) in [5, 5.41) is 8.97. The van der Waals surface area contributed by atoms with Crippen LogP contribution in [0.3, 0.4) is 0 Å². The minimum atomic E-state index is -0.873. The number of halogens is 6. The molecule has 0 spiro atoms. The lowest BCUT2D eigenvalue weighted by Gasteiger charge is -2.12. The van der Waals surface area contributed by atoms with E-state index in [1.54, 1.807) is 36.4 Å². The van der Waals surface area contributed by atoms with Crippen molar-refractivity contribution >= 4 is 114 Å². The van der Waals surface area contributed by atoms with Crippen LogP contribution >= 0.6 is 78.3 Å². The first-order chi connectivity index (χ1) is 24.9. The second-order valence-electron chi connectivity index (χ2n) is 10.3. The highest BCUT2D eigenvalue weighted by Gasteiger charge is 2.22. The van der Waals surface area contributed by atoms with Crippen molar-refractivity contribution < 1.29 is 28.7 Å². The molecule has 5 aromatic carbocycles. The molecular weight excluding hydrogens is 886 g/mol. The van der Waals surface area contributed by atoms with Crippen LogP contribution in [0.2, 0.25) is 20.1 Å². The van der Waals surface area contributed by atoms with Gasteiger partial charge in [-0.1, -0.05) is 90.4 Å². The van der Waals surface area contributed by atoms with Crippen molar-refractivity contribution in [1.82, 2.24) is 10.9 Å². The number of carbonyl (C=O) groups is 4. The second-order valence-corrected chi connectivity index (χ2v) is 13.9. The van der Waals surface area contributed by atoms with Gasteiger partial charge in [-0.05, 0) is 84.9 Å². The minimum absolute atomic E-state index is 0.0761. The van der Waals surface area contributed by atoms with E-state index in [1.807, 2.05) is 0 Å². The lowest BCUT2D eigenvalue weighted by atomic mass is 10.1. The van der Waals surface area contributed by atoms with E-state index >= 15 is 0 Å². The third-order valence-corrected chi connectivity index (χ3v) is 8.89. The maximum absolute atomic E-state index is 13.5. The molecule has 0 atom stereocenters. The quantitative estimate of drug-likeness (QED) is 0.0620. The van der Waals surface area contributed by atoms with E-state index in [4.69, 9.17) is 55.9 Å². The van der Waals surface area contributed by atoms with Gasteiger partial charge in [-0.3, -0.25) is 9.59 Å². The highest BCUT2D eigenvalue weighted by Crippen LogP contribution is 2.27. The average Bonchev–Trinajstić information content (AvgIpc) is 3.10. The average molecular weight is 906 g/mol. The van der Waals surface area contributed by atoms with Crippen molar-refractivity contribution in [2.75, 3.05) is 0 Å². The Morgan fingerprint density at radius 3 is 1.33 bits per heavy atom. The highest BCUT2D eigenvalue weighted by molar-refractivity contribution is 9.10. The normalized spacial score (nSPS) is 11.0. The van der Waals surface area contributed by atoms with Gasteiger partial charge in [0.2, 0.25) is 0 Å². The Morgan fingerprint density at radius 2 is 0.942 bits per heavy atom. The van der Waals surface area contributed by atoms with E-state index in [2.05, 4.69) is 52.9 Å². The molecule has 0 bridgehead atoms. The minimum Gasteiger partial charge on any atom is -0.422 e. The summed E-state index contributed by atoms with van der Waals surface area (Å²) in [6.45, 7) is 0. The molecule has 0 aliphatic carbocycles. The maximum atomic E-state index is 13.5. The molecule has 10 nitrogen and oxygen atoms in total. The summed E-state index contributed by atoms with van der Waals surface area (Å²) >= 11 is 30.8. The molecule has 0 aliphatic heterocycles. The molecule has 2 amide bonds. The van der Waals surface area contributed by atoms with E-state index in [-0.39, 0.29) is 43.8 Å². The van der Waals surface area contributed by atoms with Gasteiger partial charge in [0.1, 0.15) is 11.5 Å². The Hall–Kier alpha value is -4.56. The number of hydrogen-bond donors (Lipinski definition) is 2. The summed E-state index contributed by atoms with van der Waals surface area (Å²) in [7, 11) is 0. The Bertz CT molecular complexity index is 2130. The monoisotopic (exact) mass is 902 g/mol. The molecule has 2 N–H and O–H groups in total. The number of nitrogens with one attached hydrogen (secondary N) is 2. The van der Waals surface area contributed by atoms with Gasteiger partial charge >= 0.3 is 11.9 Å². The van der Waals surface area contributed by atoms with Crippen LogP contribution in [0.4, 0.5) is 0 Å². The van der Waals surface area contributed by atoms with Crippen LogP contribution in [-0.2, 0) is 0 Å². The standard InChI is InChI=1S/C36H20Br2Cl4N4O6/c37-21-5-11-31(19(13-21)17-43-45-33(47)27-9-7-23(39)15-29(27)41)51-35(49)25-3-1-2-4-26(25)36(50)52-32-12-6-22(38)14-20(32)18-44-46-34(48)28-10-8-24(40)16-30(28)42/h1-18H,(H,45,47)(H,46,48)/b43-17+,44-18+. The van der Waals surface area contributed by atoms with Gasteiger partial charge in [0, 0.05) is 30.1 Å². The van der Waals surface area contributed by atoms with Gasteiger partial charge in [0.05, 0.1) is 44.7 Å². The maximum Gasteiger partial charge on any atom is 0.344 e. The molecule has 0 aromatic heterocycles. The second kappa shape index (κ2) is 17.8. The number of hydrogen-bond acceptors (Lipinski definition) is 8. The van der Waals surface area contributed by atoms with Gasteiger partial charge < -0.3 is 9.47 Å². The fraction of sp³-hybridized carbons (Fsp3) is 0. The summed E-state index contributed by atoms with van der Waals surface area (Å²) in [4.78, 5) is 52.1. The first-order valence-corrected chi connectivity index (χ1v) is 17.7. The van der Waals surface area contributed by atoms with E-state index < -0.39 is 23.8 Å². The number of benzene rings is 5. The molecule has 16 heteroatoms. The number of nitrogens with zero attached hydrogens (tertiary/aromatic N) is 2. The summed E-state index contributed by atoms with van der Waals surface area (Å²) in [5.74, 6) is -2.77. The summed E-state index contributed by atoms with van der Waals surface area (Å²) < 4.78 is 12.6. The summed E-state index contributed by atoms with van der Waals surface area (Å²) in [5.41, 5.74) is 5.48. The number of carbonyl (C=O) groups excluding carboxylic acids is 4. The van der Waals surface area contributed by atoms with Crippen molar-refractivity contribution in [3.05, 3.63) is 159 Å². The van der Waals surface area contributed by atoms with Crippen LogP contribution < -0.4 is 20.3 Å². The van der Waals surface area contributed by atoms with Gasteiger partial charge in [-0.15, -0.1) is 0 Å². The van der Waals surface area contributed by atoms with Crippen LogP contribution in [0, 0.1) is 0 Å². The zero-order valence-corrected chi connectivity index (χ0v) is 32.2. The number of ether oxygens (including phenoxy) is 2. The third kappa shape index (κ3) is 10.1. The van der Waals surface area contributed by atoms with E-state index in [0.29, 0.717) is 30.1 Å². The van der Waals surface area contributed by atoms with Crippen molar-refractivity contribution in [3.63, 3.8) is 0 Å². The predicted octanol–water partition coefficient (Wildman–Crippen LogP) is 9.79. The number of esters is 2. The topological polar surface area (TPSA) is 136 Å². The molecule has 0 unspecified atom stereocenters. The molecule has 5 rings (SSSR count). The van der Waals surface area contributed by atoms with Crippen molar-refractivity contribution in [1.29, 1.82) is 0 Å². The zero-order valence-electron chi connectivity index (χ0n) is 26.0. The Balaban J connectivity index is 1.31. The fourth-order valence-corrected chi connectivity index (χ4v) is 6.11. The molecule has 0 heterocycles. The van der Waals surface area contributed by atoms with Crippen LogP contribution in [0.5, 0.6) is 11.5 Å². The SMILES string of the molecule is O=C(N/N=C/c1cc(Br)ccc1OC(=O)c1ccccc1C(=O)Oc1ccc(Br)cc1/C=N/NC(=O)c1ccc(Cl)cc1Cl)c1ccc(Cl)cc1Cl. The van der Waals surface area contributed by atoms with Crippen LogP contribution in [0.25, 0.3) is 0 Å². The van der Waals surface area contributed by atoms with Crippen molar-refractivity contribution in [2.45, 2.75) is 0 Å². The Morgan fingerprint density at radius 1 is 0.538 bits per heavy atom. The van der Waals surface area contributed by atoms with Crippen molar-refractivity contribution in [2.24, 2.45) is 10.2 Å². The molecule has 262 valence electrons. The molecule has 0 saturated heterocycles. The van der Waals surface area contributed by atoms with Gasteiger partial charge in [-0.2, -0.15) is 10.2 Å². The van der Waals surface area contributed by atoms with Gasteiger partial charge in [-0.25, -0.2) is 20.4 Å². The molecule has 0 radical (unpaired) electrons. The summed E-state index contributed by atoms with van der Waals surface area (Å²) in [6, 6.07) is 24.2. The van der Waals surface area contributed by atoms with Crippen LogP contribution in [-0.4, -0.2) is 36.2 Å². The molecular formula is C36H20Br2Cl4N4O6. The molecule has 0 saturated carbocycles. The van der Waals surface area contributed by atoms with Crippen LogP contribution in [0.1, 0.15) is 52.6 Å². The highest BCUT2D eigenvalue weighted by atomic mass is 79.9. The van der Waals surface area contributed by atoms with E-state index in [1.165, 1.54) is 73.1 Å². The molecule has 0 fully saturated rings. The fourth-order valence-electron chi connectivity index (χ4n) is 4.36. The van der Waals surface area contributed by atoms with Crippen LogP contribution in [0.15, 0.2) is 116 Å². The lowest BCUT2D eigenvalue weighted by Crippen LogP contribution is -2.19. The van der Waals surface area contributed by atoms with Crippen molar-refractivity contribution in [3.8, 4) is 11.5 Å². The Labute approximate surface area is 333 Å². The van der Waals surface area contributed by atoms with Gasteiger partial charge in [0.15, 0.2) is 0 Å². The van der Waals surface area contributed by atoms with E-state index in [9.17, 15) is 19.2 Å². The first-order valence-electron chi connectivity index (χ1n) is 14.6. The third-order valence-electron chi connectivity index (χ3n) is 6.81. The van der Waals surface area contributed by atoms with E-state index in [0.717, 1.165) is 0 Å². The summed E-state index contributed by atoms with van der Waals surface area (Å²) in [6.07, 6.45) is 2.55. The molecule has 5 aromatic rings.